The van der Waals surface area contributed by atoms with E-state index in [0.717, 1.165) is 78.7 Å². The quantitative estimate of drug-likeness (QED) is 0.445. The highest BCUT2D eigenvalue weighted by atomic mass is 32.2. The minimum Gasteiger partial charge on any atom is -0.497 e. The van der Waals surface area contributed by atoms with Gasteiger partial charge in [0.05, 0.1) is 12.5 Å². The number of pyridine rings is 1. The maximum Gasteiger partial charge on any atom is 0.233 e. The number of thioether (sulfide) groups is 1. The topological polar surface area (TPSA) is 73.1 Å². The second-order valence-electron chi connectivity index (χ2n) is 9.66. The summed E-state index contributed by atoms with van der Waals surface area (Å²) in [5.41, 5.74) is 1.87. The van der Waals surface area contributed by atoms with Crippen molar-refractivity contribution < 1.29 is 9.53 Å². The van der Waals surface area contributed by atoms with Gasteiger partial charge in [0.2, 0.25) is 5.91 Å². The number of benzene rings is 1. The van der Waals surface area contributed by atoms with Gasteiger partial charge in [-0.05, 0) is 55.0 Å². The Labute approximate surface area is 211 Å². The normalized spacial score (nSPS) is 19.6. The lowest BCUT2D eigenvalue weighted by Gasteiger charge is -2.39. The van der Waals surface area contributed by atoms with E-state index in [1.807, 2.05) is 31.4 Å². The van der Waals surface area contributed by atoms with Gasteiger partial charge >= 0.3 is 0 Å². The fourth-order valence-corrected chi connectivity index (χ4v) is 6.48. The highest BCUT2D eigenvalue weighted by Gasteiger charge is 2.46. The molecule has 5 rings (SSSR count). The summed E-state index contributed by atoms with van der Waals surface area (Å²) in [6.07, 6.45) is 9.70. The Morgan fingerprint density at radius 1 is 1.14 bits per heavy atom. The molecule has 1 amide bonds. The van der Waals surface area contributed by atoms with Crippen LogP contribution >= 0.6 is 11.8 Å². The summed E-state index contributed by atoms with van der Waals surface area (Å²) in [6, 6.07) is 12.1. The van der Waals surface area contributed by atoms with E-state index in [-0.39, 0.29) is 11.8 Å². The summed E-state index contributed by atoms with van der Waals surface area (Å²) in [7, 11) is 3.71. The first-order valence-corrected chi connectivity index (χ1v) is 13.4. The average molecular weight is 492 g/mol. The van der Waals surface area contributed by atoms with Crippen LogP contribution in [0.25, 0.3) is 0 Å². The Morgan fingerprint density at radius 3 is 2.66 bits per heavy atom. The maximum absolute atomic E-state index is 14.0. The fraction of sp³-hybridized carbons (Fsp3) is 0.481. The number of hydrogen-bond donors (Lipinski definition) is 0. The van der Waals surface area contributed by atoms with Gasteiger partial charge in [-0.2, -0.15) is 0 Å². The third-order valence-electron chi connectivity index (χ3n) is 7.54. The molecule has 0 radical (unpaired) electrons. The second-order valence-corrected chi connectivity index (χ2v) is 10.6. The van der Waals surface area contributed by atoms with Gasteiger partial charge in [0.1, 0.15) is 11.6 Å². The van der Waals surface area contributed by atoms with E-state index in [0.29, 0.717) is 6.54 Å². The van der Waals surface area contributed by atoms with Crippen molar-refractivity contribution in [1.82, 2.24) is 24.6 Å². The molecule has 0 unspecified atom stereocenters. The van der Waals surface area contributed by atoms with Gasteiger partial charge < -0.3 is 14.2 Å². The van der Waals surface area contributed by atoms with Gasteiger partial charge in [-0.3, -0.25) is 9.78 Å². The van der Waals surface area contributed by atoms with Crippen LogP contribution in [-0.4, -0.2) is 50.8 Å². The highest BCUT2D eigenvalue weighted by molar-refractivity contribution is 7.98. The van der Waals surface area contributed by atoms with Crippen molar-refractivity contribution >= 4 is 17.7 Å². The van der Waals surface area contributed by atoms with Gasteiger partial charge in [0.15, 0.2) is 5.16 Å². The number of hydrogen-bond acceptors (Lipinski definition) is 6. The van der Waals surface area contributed by atoms with Gasteiger partial charge in [0, 0.05) is 44.2 Å². The molecule has 1 aliphatic carbocycles. The van der Waals surface area contributed by atoms with Crippen LogP contribution in [0.5, 0.6) is 5.75 Å². The summed E-state index contributed by atoms with van der Waals surface area (Å²) < 4.78 is 7.45. The molecule has 3 aromatic rings. The Hall–Kier alpha value is -2.87. The van der Waals surface area contributed by atoms with E-state index >= 15 is 0 Å². The van der Waals surface area contributed by atoms with E-state index in [1.165, 1.54) is 0 Å². The zero-order valence-corrected chi connectivity index (χ0v) is 21.3. The van der Waals surface area contributed by atoms with Crippen LogP contribution in [0.15, 0.2) is 53.9 Å². The van der Waals surface area contributed by atoms with Crippen molar-refractivity contribution in [2.75, 3.05) is 20.2 Å². The van der Waals surface area contributed by atoms with Crippen LogP contribution in [-0.2, 0) is 23.0 Å². The zero-order chi connectivity index (χ0) is 24.3. The molecule has 0 spiro atoms. The monoisotopic (exact) mass is 491 g/mol. The molecule has 35 heavy (non-hydrogen) atoms. The Bertz CT molecular complexity index is 1140. The van der Waals surface area contributed by atoms with E-state index < -0.39 is 5.41 Å². The lowest BCUT2D eigenvalue weighted by atomic mass is 9.77. The van der Waals surface area contributed by atoms with Crippen molar-refractivity contribution in [3.8, 4) is 5.75 Å². The van der Waals surface area contributed by atoms with Crippen LogP contribution in [0.1, 0.15) is 61.4 Å². The highest BCUT2D eigenvalue weighted by Crippen LogP contribution is 2.44. The number of carbonyl (C=O) groups excluding carboxylic acids is 1. The molecule has 1 atom stereocenters. The molecule has 7 nitrogen and oxygen atoms in total. The summed E-state index contributed by atoms with van der Waals surface area (Å²) in [5.74, 6) is 3.08. The number of likely N-dealkylation sites (tertiary alicyclic amines) is 1. The molecule has 1 saturated carbocycles. The smallest absolute Gasteiger partial charge is 0.233 e. The van der Waals surface area contributed by atoms with E-state index in [1.54, 1.807) is 25.1 Å². The van der Waals surface area contributed by atoms with Gasteiger partial charge in [-0.1, -0.05) is 42.8 Å². The van der Waals surface area contributed by atoms with E-state index in [9.17, 15) is 4.79 Å². The van der Waals surface area contributed by atoms with Gasteiger partial charge in [-0.15, -0.1) is 10.2 Å². The molecule has 8 heteroatoms. The van der Waals surface area contributed by atoms with Crippen molar-refractivity contribution in [3.05, 3.63) is 65.7 Å². The number of carbonyl (C=O) groups is 1. The van der Waals surface area contributed by atoms with E-state index in [2.05, 4.69) is 42.8 Å². The number of piperidine rings is 1. The predicted octanol–water partition coefficient (Wildman–Crippen LogP) is 4.73. The van der Waals surface area contributed by atoms with Crippen molar-refractivity contribution in [1.29, 1.82) is 0 Å². The van der Waals surface area contributed by atoms with Crippen molar-refractivity contribution in [3.63, 3.8) is 0 Å². The molecule has 2 aliphatic rings. The summed E-state index contributed by atoms with van der Waals surface area (Å²) in [5, 5.41) is 9.93. The maximum atomic E-state index is 14.0. The lowest BCUT2D eigenvalue weighted by Crippen LogP contribution is -2.49. The van der Waals surface area contributed by atoms with Crippen molar-refractivity contribution in [2.45, 2.75) is 60.8 Å². The molecule has 3 heterocycles. The molecule has 0 N–H and O–H groups in total. The Balaban J connectivity index is 1.31. The van der Waals surface area contributed by atoms with Crippen molar-refractivity contribution in [2.24, 2.45) is 7.05 Å². The SMILES string of the molecule is COc1ccc(C2(C(=O)N3CCC[C@H](c4nnc(SCc5cccnc5)n4C)C3)CCCC2)cc1. The fourth-order valence-electron chi connectivity index (χ4n) is 5.63. The van der Waals surface area contributed by atoms with Gasteiger partial charge in [-0.25, -0.2) is 0 Å². The molecular formula is C27H33N5O2S. The first-order valence-electron chi connectivity index (χ1n) is 12.5. The average Bonchev–Trinajstić information content (AvgIpc) is 3.55. The van der Waals surface area contributed by atoms with Crippen LogP contribution in [0.4, 0.5) is 0 Å². The largest absolute Gasteiger partial charge is 0.497 e. The molecule has 1 aliphatic heterocycles. The number of aromatic nitrogens is 4. The standard InChI is InChI=1S/C27H33N5O2S/c1-31-24(29-30-26(31)35-19-20-7-5-15-28-17-20)21-8-6-16-32(18-21)25(33)27(13-3-4-14-27)22-9-11-23(34-2)12-10-22/h5,7,9-12,15,17,21H,3-4,6,8,13-14,16,18-19H2,1-2H3/t21-/m0/s1. The third kappa shape index (κ3) is 4.81. The first kappa shape index (κ1) is 23.9. The predicted molar refractivity (Wildman–Crippen MR) is 136 cm³/mol. The van der Waals surface area contributed by atoms with E-state index in [4.69, 9.17) is 4.74 Å². The molecule has 2 fully saturated rings. The summed E-state index contributed by atoms with van der Waals surface area (Å²) >= 11 is 1.67. The third-order valence-corrected chi connectivity index (χ3v) is 8.63. The first-order chi connectivity index (χ1) is 17.1. The Kier molecular flexibility index (Phi) is 7.09. The minimum absolute atomic E-state index is 0.201. The lowest BCUT2D eigenvalue weighted by molar-refractivity contribution is -0.138. The zero-order valence-electron chi connectivity index (χ0n) is 20.5. The molecular weight excluding hydrogens is 458 g/mol. The number of methoxy groups -OCH3 is 1. The van der Waals surface area contributed by atoms with Crippen LogP contribution in [0.2, 0.25) is 0 Å². The molecule has 2 aromatic heterocycles. The summed E-state index contributed by atoms with van der Waals surface area (Å²) in [6.45, 7) is 1.52. The van der Waals surface area contributed by atoms with Crippen LogP contribution in [0, 0.1) is 0 Å². The minimum atomic E-state index is -0.418. The number of nitrogens with zero attached hydrogens (tertiary/aromatic N) is 5. The molecule has 1 aromatic carbocycles. The number of ether oxygens (including phenoxy) is 1. The number of amides is 1. The molecule has 0 bridgehead atoms. The Morgan fingerprint density at radius 2 is 1.94 bits per heavy atom. The van der Waals surface area contributed by atoms with Crippen LogP contribution in [0.3, 0.4) is 0 Å². The number of rotatable bonds is 7. The van der Waals surface area contributed by atoms with Gasteiger partial charge in [0.25, 0.3) is 0 Å². The summed E-state index contributed by atoms with van der Waals surface area (Å²) in [4.78, 5) is 20.3. The molecule has 1 saturated heterocycles. The molecule has 184 valence electrons. The second kappa shape index (κ2) is 10.4. The van der Waals surface area contributed by atoms with Crippen LogP contribution < -0.4 is 4.74 Å².